The molecule has 2 rings (SSSR count). The summed E-state index contributed by atoms with van der Waals surface area (Å²) >= 11 is 11.6. The maximum absolute atomic E-state index is 11.9. The molecule has 0 spiro atoms. The molecule has 2 heterocycles. The molecule has 0 aliphatic rings. The molecular formula is C11H9Cl2N3O. The second kappa shape index (κ2) is 4.85. The fourth-order valence-electron chi connectivity index (χ4n) is 1.45. The SMILES string of the molecule is Cn1cc(CC(=O)c2ncc(Cl)cc2Cl)cn1. The number of carbonyl (C=O) groups is 1. The van der Waals surface area contributed by atoms with E-state index in [2.05, 4.69) is 10.1 Å². The number of halogens is 2. The third kappa shape index (κ3) is 2.84. The Bertz CT molecular complexity index is 566. The van der Waals surface area contributed by atoms with E-state index in [0.717, 1.165) is 5.56 Å². The van der Waals surface area contributed by atoms with Crippen LogP contribution in [0.2, 0.25) is 10.0 Å². The molecule has 2 aromatic heterocycles. The normalized spacial score (nSPS) is 10.5. The van der Waals surface area contributed by atoms with Crippen LogP contribution >= 0.6 is 23.2 Å². The van der Waals surface area contributed by atoms with E-state index in [1.165, 1.54) is 12.3 Å². The van der Waals surface area contributed by atoms with Crippen LogP contribution < -0.4 is 0 Å². The predicted molar refractivity (Wildman–Crippen MR) is 65.5 cm³/mol. The quantitative estimate of drug-likeness (QED) is 0.805. The van der Waals surface area contributed by atoms with Crippen molar-refractivity contribution in [2.45, 2.75) is 6.42 Å². The van der Waals surface area contributed by atoms with E-state index >= 15 is 0 Å². The Morgan fingerprint density at radius 3 is 2.76 bits per heavy atom. The highest BCUT2D eigenvalue weighted by Crippen LogP contribution is 2.19. The molecule has 0 radical (unpaired) electrons. The minimum Gasteiger partial charge on any atom is -0.292 e. The van der Waals surface area contributed by atoms with Gasteiger partial charge in [0.15, 0.2) is 5.78 Å². The van der Waals surface area contributed by atoms with Crippen LogP contribution in [0.1, 0.15) is 16.1 Å². The Hall–Kier alpha value is -1.39. The minimum atomic E-state index is -0.153. The van der Waals surface area contributed by atoms with Crippen molar-refractivity contribution in [2.75, 3.05) is 0 Å². The van der Waals surface area contributed by atoms with Crippen LogP contribution in [0.4, 0.5) is 0 Å². The van der Waals surface area contributed by atoms with Gasteiger partial charge in [0, 0.05) is 25.9 Å². The lowest BCUT2D eigenvalue weighted by atomic mass is 10.1. The number of carbonyl (C=O) groups excluding carboxylic acids is 1. The maximum Gasteiger partial charge on any atom is 0.187 e. The first-order valence-electron chi connectivity index (χ1n) is 4.88. The minimum absolute atomic E-state index is 0.153. The second-order valence-corrected chi connectivity index (χ2v) is 4.45. The topological polar surface area (TPSA) is 47.8 Å². The van der Waals surface area contributed by atoms with Crippen molar-refractivity contribution in [2.24, 2.45) is 7.05 Å². The number of nitrogens with zero attached hydrogens (tertiary/aromatic N) is 3. The van der Waals surface area contributed by atoms with E-state index in [0.29, 0.717) is 5.02 Å². The third-order valence-corrected chi connectivity index (χ3v) is 2.69. The van der Waals surface area contributed by atoms with Gasteiger partial charge in [-0.3, -0.25) is 9.48 Å². The van der Waals surface area contributed by atoms with Gasteiger partial charge < -0.3 is 0 Å². The lowest BCUT2D eigenvalue weighted by Gasteiger charge is -2.01. The van der Waals surface area contributed by atoms with Crippen LogP contribution in [0.5, 0.6) is 0 Å². The molecule has 6 heteroatoms. The number of hydrogen-bond acceptors (Lipinski definition) is 3. The van der Waals surface area contributed by atoms with Crippen molar-refractivity contribution in [3.63, 3.8) is 0 Å². The van der Waals surface area contributed by atoms with Gasteiger partial charge in [0.05, 0.1) is 16.2 Å². The van der Waals surface area contributed by atoms with Gasteiger partial charge in [-0.25, -0.2) is 4.98 Å². The summed E-state index contributed by atoms with van der Waals surface area (Å²) in [5.41, 5.74) is 1.06. The highest BCUT2D eigenvalue weighted by Gasteiger charge is 2.13. The Labute approximate surface area is 108 Å². The van der Waals surface area contributed by atoms with Gasteiger partial charge in [0.2, 0.25) is 0 Å². The van der Waals surface area contributed by atoms with Crippen molar-refractivity contribution in [3.8, 4) is 0 Å². The van der Waals surface area contributed by atoms with Crippen LogP contribution in [0.15, 0.2) is 24.7 Å². The van der Waals surface area contributed by atoms with Gasteiger partial charge in [-0.1, -0.05) is 23.2 Å². The van der Waals surface area contributed by atoms with E-state index in [-0.39, 0.29) is 22.9 Å². The van der Waals surface area contributed by atoms with Crippen LogP contribution in [-0.4, -0.2) is 20.5 Å². The molecule has 88 valence electrons. The lowest BCUT2D eigenvalue weighted by molar-refractivity contribution is 0.0988. The number of hydrogen-bond donors (Lipinski definition) is 0. The maximum atomic E-state index is 11.9. The summed E-state index contributed by atoms with van der Waals surface area (Å²) < 4.78 is 1.64. The number of rotatable bonds is 3. The third-order valence-electron chi connectivity index (χ3n) is 2.19. The Morgan fingerprint density at radius 1 is 1.41 bits per heavy atom. The highest BCUT2D eigenvalue weighted by molar-refractivity contribution is 6.36. The smallest absolute Gasteiger partial charge is 0.187 e. The van der Waals surface area contributed by atoms with Crippen molar-refractivity contribution in [1.82, 2.24) is 14.8 Å². The Morgan fingerprint density at radius 2 is 2.18 bits per heavy atom. The lowest BCUT2D eigenvalue weighted by Crippen LogP contribution is -2.06. The highest BCUT2D eigenvalue weighted by atomic mass is 35.5. The molecule has 0 N–H and O–H groups in total. The fourth-order valence-corrected chi connectivity index (χ4v) is 1.94. The van der Waals surface area contributed by atoms with Gasteiger partial charge in [-0.15, -0.1) is 0 Å². The zero-order valence-corrected chi connectivity index (χ0v) is 10.5. The molecule has 0 fully saturated rings. The van der Waals surface area contributed by atoms with Gasteiger partial charge in [-0.05, 0) is 11.6 Å². The van der Waals surface area contributed by atoms with Crippen LogP contribution in [-0.2, 0) is 13.5 Å². The largest absolute Gasteiger partial charge is 0.292 e. The van der Waals surface area contributed by atoms with Gasteiger partial charge in [-0.2, -0.15) is 5.10 Å². The Kier molecular flexibility index (Phi) is 3.45. The summed E-state index contributed by atoms with van der Waals surface area (Å²) in [6.07, 6.45) is 5.05. The number of ketones is 1. The molecule has 0 aliphatic carbocycles. The first-order valence-corrected chi connectivity index (χ1v) is 5.63. The zero-order chi connectivity index (χ0) is 12.4. The molecule has 0 aliphatic heterocycles. The zero-order valence-electron chi connectivity index (χ0n) is 9.02. The van der Waals surface area contributed by atoms with E-state index in [1.807, 2.05) is 0 Å². The Balaban J connectivity index is 2.20. The summed E-state index contributed by atoms with van der Waals surface area (Å²) in [5, 5.41) is 4.67. The standard InChI is InChI=1S/C11H9Cl2N3O/c1-16-6-7(4-15-16)2-10(17)11-9(13)3-8(12)5-14-11/h3-6H,2H2,1H3. The molecule has 17 heavy (non-hydrogen) atoms. The summed E-state index contributed by atoms with van der Waals surface area (Å²) in [7, 11) is 1.79. The molecule has 4 nitrogen and oxygen atoms in total. The van der Waals surface area contributed by atoms with Gasteiger partial charge >= 0.3 is 0 Å². The van der Waals surface area contributed by atoms with Crippen molar-refractivity contribution >= 4 is 29.0 Å². The van der Waals surface area contributed by atoms with Crippen molar-refractivity contribution in [1.29, 1.82) is 0 Å². The first-order chi connectivity index (χ1) is 8.06. The fraction of sp³-hybridized carbons (Fsp3) is 0.182. The van der Waals surface area contributed by atoms with E-state index in [9.17, 15) is 4.79 Å². The molecule has 0 atom stereocenters. The van der Waals surface area contributed by atoms with E-state index in [4.69, 9.17) is 23.2 Å². The summed E-state index contributed by atoms with van der Waals surface area (Å²) in [6.45, 7) is 0. The molecule has 0 saturated carbocycles. The van der Waals surface area contributed by atoms with Crippen LogP contribution in [0, 0.1) is 0 Å². The molecule has 2 aromatic rings. The molecule has 0 bridgehead atoms. The summed E-state index contributed by atoms with van der Waals surface area (Å²) in [4.78, 5) is 15.9. The average molecular weight is 270 g/mol. The molecule has 0 unspecified atom stereocenters. The van der Waals surface area contributed by atoms with E-state index < -0.39 is 0 Å². The molecule has 0 amide bonds. The van der Waals surface area contributed by atoms with E-state index in [1.54, 1.807) is 24.1 Å². The number of pyridine rings is 1. The monoisotopic (exact) mass is 269 g/mol. The number of Topliss-reactive ketones (excluding diaryl/α,β-unsaturated/α-hetero) is 1. The second-order valence-electron chi connectivity index (χ2n) is 3.61. The van der Waals surface area contributed by atoms with Crippen LogP contribution in [0.25, 0.3) is 0 Å². The molecule has 0 saturated heterocycles. The first kappa shape index (κ1) is 12.1. The van der Waals surface area contributed by atoms with Crippen molar-refractivity contribution < 1.29 is 4.79 Å². The molecule has 0 aromatic carbocycles. The number of aromatic nitrogens is 3. The summed E-state index contributed by atoms with van der Waals surface area (Å²) in [5.74, 6) is -0.153. The average Bonchev–Trinajstić information content (AvgIpc) is 2.63. The van der Waals surface area contributed by atoms with Crippen LogP contribution in [0.3, 0.4) is 0 Å². The number of aryl methyl sites for hydroxylation is 1. The predicted octanol–water partition coefficient (Wildman–Crippen LogP) is 2.55. The van der Waals surface area contributed by atoms with Gasteiger partial charge in [0.1, 0.15) is 5.69 Å². The van der Waals surface area contributed by atoms with Gasteiger partial charge in [0.25, 0.3) is 0 Å². The summed E-state index contributed by atoms with van der Waals surface area (Å²) in [6, 6.07) is 1.51. The molecular weight excluding hydrogens is 261 g/mol. The van der Waals surface area contributed by atoms with Crippen molar-refractivity contribution in [3.05, 3.63) is 46.0 Å².